The molecule has 0 bridgehead atoms. The zero-order valence-electron chi connectivity index (χ0n) is 10.0. The van der Waals surface area contributed by atoms with E-state index in [1.807, 2.05) is 0 Å². The summed E-state index contributed by atoms with van der Waals surface area (Å²) in [4.78, 5) is 13.8. The maximum Gasteiger partial charge on any atom is 0.254 e. The Morgan fingerprint density at radius 3 is 2.56 bits per heavy atom. The number of hydrogen-bond donors (Lipinski definition) is 3. The van der Waals surface area contributed by atoms with Crippen molar-refractivity contribution in [1.82, 2.24) is 4.90 Å². The standard InChI is InChI=1S/C13H17NO4/c15-8-9-2-1-3-14(7-9)13(18)10-4-11(16)6-12(17)5-10/h4-6,9,15-17H,1-3,7-8H2. The minimum Gasteiger partial charge on any atom is -0.508 e. The smallest absolute Gasteiger partial charge is 0.254 e. The van der Waals surface area contributed by atoms with Gasteiger partial charge in [0, 0.05) is 31.3 Å². The Labute approximate surface area is 105 Å². The van der Waals surface area contributed by atoms with Crippen LogP contribution in [-0.4, -0.2) is 45.8 Å². The topological polar surface area (TPSA) is 81.0 Å². The molecule has 3 N–H and O–H groups in total. The summed E-state index contributed by atoms with van der Waals surface area (Å²) < 4.78 is 0. The third-order valence-electron chi connectivity index (χ3n) is 3.21. The van der Waals surface area contributed by atoms with Crippen LogP contribution < -0.4 is 0 Å². The average Bonchev–Trinajstić information content (AvgIpc) is 2.37. The van der Waals surface area contributed by atoms with Crippen molar-refractivity contribution in [2.45, 2.75) is 12.8 Å². The Kier molecular flexibility index (Phi) is 3.72. The van der Waals surface area contributed by atoms with Crippen LogP contribution >= 0.6 is 0 Å². The average molecular weight is 251 g/mol. The molecule has 1 amide bonds. The molecule has 0 saturated carbocycles. The van der Waals surface area contributed by atoms with E-state index in [2.05, 4.69) is 0 Å². The number of rotatable bonds is 2. The predicted molar refractivity (Wildman–Crippen MR) is 65.5 cm³/mol. The van der Waals surface area contributed by atoms with Crippen LogP contribution in [0.1, 0.15) is 23.2 Å². The summed E-state index contributed by atoms with van der Waals surface area (Å²) in [6, 6.07) is 3.86. The fourth-order valence-electron chi connectivity index (χ4n) is 2.30. The maximum absolute atomic E-state index is 12.2. The van der Waals surface area contributed by atoms with Gasteiger partial charge in [0.2, 0.25) is 0 Å². The summed E-state index contributed by atoms with van der Waals surface area (Å²) in [5.41, 5.74) is 0.270. The van der Waals surface area contributed by atoms with Crippen LogP contribution in [0.5, 0.6) is 11.5 Å². The Hall–Kier alpha value is -1.75. The van der Waals surface area contributed by atoms with Crippen molar-refractivity contribution in [2.24, 2.45) is 5.92 Å². The summed E-state index contributed by atoms with van der Waals surface area (Å²) in [7, 11) is 0. The number of phenolic OH excluding ortho intramolecular Hbond substituents is 2. The highest BCUT2D eigenvalue weighted by Crippen LogP contribution is 2.23. The number of piperidine rings is 1. The second-order valence-electron chi connectivity index (χ2n) is 4.68. The van der Waals surface area contributed by atoms with Crippen molar-refractivity contribution in [3.05, 3.63) is 23.8 Å². The summed E-state index contributed by atoms with van der Waals surface area (Å²) in [6.45, 7) is 1.24. The third kappa shape index (κ3) is 2.73. The number of nitrogens with zero attached hydrogens (tertiary/aromatic N) is 1. The second-order valence-corrected chi connectivity index (χ2v) is 4.68. The number of amides is 1. The molecule has 1 aliphatic rings. The summed E-state index contributed by atoms with van der Waals surface area (Å²) in [6.07, 6.45) is 1.79. The first kappa shape index (κ1) is 12.7. The summed E-state index contributed by atoms with van der Waals surface area (Å²) in [5.74, 6) is -0.365. The molecular formula is C13H17NO4. The molecule has 1 unspecified atom stereocenters. The molecule has 1 heterocycles. The Bertz CT molecular complexity index is 426. The second kappa shape index (κ2) is 5.27. The molecule has 0 radical (unpaired) electrons. The van der Waals surface area contributed by atoms with Gasteiger partial charge < -0.3 is 20.2 Å². The molecule has 1 atom stereocenters. The van der Waals surface area contributed by atoms with Gasteiger partial charge in [0.05, 0.1) is 0 Å². The number of hydrogen-bond acceptors (Lipinski definition) is 4. The predicted octanol–water partition coefficient (Wildman–Crippen LogP) is 0.942. The molecule has 5 nitrogen and oxygen atoms in total. The van der Waals surface area contributed by atoms with Gasteiger partial charge >= 0.3 is 0 Å². The van der Waals surface area contributed by atoms with Crippen LogP contribution in [0, 0.1) is 5.92 Å². The molecule has 98 valence electrons. The molecule has 5 heteroatoms. The first-order chi connectivity index (χ1) is 8.60. The van der Waals surface area contributed by atoms with Crippen LogP contribution in [0.2, 0.25) is 0 Å². The molecular weight excluding hydrogens is 234 g/mol. The van der Waals surface area contributed by atoms with Gasteiger partial charge in [-0.05, 0) is 30.9 Å². The van der Waals surface area contributed by atoms with E-state index in [-0.39, 0.29) is 35.5 Å². The van der Waals surface area contributed by atoms with E-state index in [1.165, 1.54) is 18.2 Å². The number of carbonyl (C=O) groups excluding carboxylic acids is 1. The molecule has 1 aromatic carbocycles. The lowest BCUT2D eigenvalue weighted by molar-refractivity contribution is 0.0620. The molecule has 0 aliphatic carbocycles. The van der Waals surface area contributed by atoms with Crippen molar-refractivity contribution in [1.29, 1.82) is 0 Å². The van der Waals surface area contributed by atoms with Gasteiger partial charge in [-0.2, -0.15) is 0 Å². The molecule has 1 aromatic rings. The third-order valence-corrected chi connectivity index (χ3v) is 3.21. The van der Waals surface area contributed by atoms with Crippen molar-refractivity contribution < 1.29 is 20.1 Å². The van der Waals surface area contributed by atoms with Gasteiger partial charge in [0.15, 0.2) is 0 Å². The minimum atomic E-state index is -0.223. The van der Waals surface area contributed by atoms with Crippen molar-refractivity contribution in [3.8, 4) is 11.5 Å². The van der Waals surface area contributed by atoms with E-state index in [0.29, 0.717) is 13.1 Å². The first-order valence-electron chi connectivity index (χ1n) is 6.03. The van der Waals surface area contributed by atoms with Gasteiger partial charge in [-0.15, -0.1) is 0 Å². The molecule has 18 heavy (non-hydrogen) atoms. The van der Waals surface area contributed by atoms with Crippen LogP contribution in [0.25, 0.3) is 0 Å². The van der Waals surface area contributed by atoms with Gasteiger partial charge in [0.25, 0.3) is 5.91 Å². The largest absolute Gasteiger partial charge is 0.508 e. The lowest BCUT2D eigenvalue weighted by Crippen LogP contribution is -2.40. The summed E-state index contributed by atoms with van der Waals surface area (Å²) in [5, 5.41) is 27.9. The number of aliphatic hydroxyl groups is 1. The van der Waals surface area contributed by atoms with E-state index in [0.717, 1.165) is 12.8 Å². The van der Waals surface area contributed by atoms with Crippen LogP contribution in [0.3, 0.4) is 0 Å². The van der Waals surface area contributed by atoms with Crippen LogP contribution in [0.15, 0.2) is 18.2 Å². The first-order valence-corrected chi connectivity index (χ1v) is 6.03. The monoisotopic (exact) mass is 251 g/mol. The molecule has 0 aromatic heterocycles. The Morgan fingerprint density at radius 2 is 1.94 bits per heavy atom. The normalized spacial score (nSPS) is 19.8. The summed E-state index contributed by atoms with van der Waals surface area (Å²) >= 11 is 0. The fourth-order valence-corrected chi connectivity index (χ4v) is 2.30. The number of aliphatic hydroxyl groups excluding tert-OH is 1. The number of carbonyl (C=O) groups is 1. The van der Waals surface area contributed by atoms with Gasteiger partial charge in [-0.3, -0.25) is 4.79 Å². The maximum atomic E-state index is 12.2. The lowest BCUT2D eigenvalue weighted by atomic mass is 9.98. The zero-order valence-corrected chi connectivity index (χ0v) is 10.0. The van der Waals surface area contributed by atoms with Crippen molar-refractivity contribution >= 4 is 5.91 Å². The quantitative estimate of drug-likeness (QED) is 0.730. The highest BCUT2D eigenvalue weighted by molar-refractivity contribution is 5.95. The van der Waals surface area contributed by atoms with E-state index in [4.69, 9.17) is 5.11 Å². The number of likely N-dealkylation sites (tertiary alicyclic amines) is 1. The lowest BCUT2D eigenvalue weighted by Gasteiger charge is -2.31. The van der Waals surface area contributed by atoms with Gasteiger partial charge in [-0.1, -0.05) is 0 Å². The number of aromatic hydroxyl groups is 2. The van der Waals surface area contributed by atoms with Crippen molar-refractivity contribution in [2.75, 3.05) is 19.7 Å². The Balaban J connectivity index is 2.15. The number of phenols is 2. The van der Waals surface area contributed by atoms with Crippen LogP contribution in [0.4, 0.5) is 0 Å². The van der Waals surface area contributed by atoms with Gasteiger partial charge in [-0.25, -0.2) is 0 Å². The van der Waals surface area contributed by atoms with Crippen LogP contribution in [-0.2, 0) is 0 Å². The molecule has 1 aliphatic heterocycles. The fraction of sp³-hybridized carbons (Fsp3) is 0.462. The van der Waals surface area contributed by atoms with E-state index < -0.39 is 0 Å². The molecule has 1 fully saturated rings. The van der Waals surface area contributed by atoms with E-state index in [1.54, 1.807) is 4.90 Å². The zero-order chi connectivity index (χ0) is 13.1. The highest BCUT2D eigenvalue weighted by Gasteiger charge is 2.24. The molecule has 0 spiro atoms. The molecule has 1 saturated heterocycles. The minimum absolute atomic E-state index is 0.0784. The van der Waals surface area contributed by atoms with Gasteiger partial charge in [0.1, 0.15) is 11.5 Å². The van der Waals surface area contributed by atoms with E-state index >= 15 is 0 Å². The van der Waals surface area contributed by atoms with E-state index in [9.17, 15) is 15.0 Å². The number of benzene rings is 1. The Morgan fingerprint density at radius 1 is 1.28 bits per heavy atom. The van der Waals surface area contributed by atoms with Crippen molar-refractivity contribution in [3.63, 3.8) is 0 Å². The SMILES string of the molecule is O=C(c1cc(O)cc(O)c1)N1CCCC(CO)C1. The molecule has 2 rings (SSSR count). The highest BCUT2D eigenvalue weighted by atomic mass is 16.3.